The first-order chi connectivity index (χ1) is 18.4. The maximum absolute atomic E-state index is 13.1. The number of unbranched alkanes of at least 4 members (excludes halogenated alkanes) is 3. The van der Waals surface area contributed by atoms with Gasteiger partial charge in [0.1, 0.15) is 6.04 Å². The molecule has 3 amide bonds. The van der Waals surface area contributed by atoms with Crippen molar-refractivity contribution in [2.24, 2.45) is 12.5 Å². The van der Waals surface area contributed by atoms with Crippen molar-refractivity contribution < 1.29 is 24.2 Å². The molecular formula is C29H42N4O6. The van der Waals surface area contributed by atoms with Crippen molar-refractivity contribution in [1.29, 1.82) is 0 Å². The summed E-state index contributed by atoms with van der Waals surface area (Å²) in [5, 5.41) is 11.7. The van der Waals surface area contributed by atoms with Gasteiger partial charge in [0, 0.05) is 33.2 Å². The van der Waals surface area contributed by atoms with Crippen molar-refractivity contribution in [3.8, 4) is 0 Å². The second kappa shape index (κ2) is 11.5. The zero-order valence-electron chi connectivity index (χ0n) is 23.6. The van der Waals surface area contributed by atoms with Crippen LogP contribution in [0.25, 0.3) is 11.0 Å². The number of carboxylic acid groups (broad SMARTS) is 1. The number of imide groups is 1. The summed E-state index contributed by atoms with van der Waals surface area (Å²) in [7, 11) is 1.74. The van der Waals surface area contributed by atoms with Crippen molar-refractivity contribution in [1.82, 2.24) is 19.4 Å². The van der Waals surface area contributed by atoms with E-state index in [4.69, 9.17) is 4.74 Å². The summed E-state index contributed by atoms with van der Waals surface area (Å²) >= 11 is 0. The minimum absolute atomic E-state index is 0.0730. The summed E-state index contributed by atoms with van der Waals surface area (Å²) in [5.74, 6) is -0.720. The number of imidazole rings is 1. The lowest BCUT2D eigenvalue weighted by atomic mass is 9.70. The molecule has 2 aliphatic rings. The second-order valence-electron chi connectivity index (χ2n) is 12.0. The van der Waals surface area contributed by atoms with Crippen LogP contribution < -0.4 is 11.0 Å². The average Bonchev–Trinajstić information content (AvgIpc) is 3.13. The number of aryl methyl sites for hydroxylation is 2. The first kappa shape index (κ1) is 28.9. The summed E-state index contributed by atoms with van der Waals surface area (Å²) in [6.07, 6.45) is 5.88. The van der Waals surface area contributed by atoms with E-state index in [1.165, 1.54) is 9.47 Å². The zero-order valence-corrected chi connectivity index (χ0v) is 23.6. The molecular weight excluding hydrogens is 500 g/mol. The van der Waals surface area contributed by atoms with Crippen molar-refractivity contribution in [2.75, 3.05) is 19.7 Å². The van der Waals surface area contributed by atoms with Crippen molar-refractivity contribution >= 4 is 28.9 Å². The first-order valence-corrected chi connectivity index (χ1v) is 14.1. The lowest BCUT2D eigenvalue weighted by Gasteiger charge is -2.49. The highest BCUT2D eigenvalue weighted by Crippen LogP contribution is 2.42. The quantitative estimate of drug-likeness (QED) is 0.365. The topological polar surface area (TPSA) is 123 Å². The number of carbonyl (C=O) groups is 3. The molecule has 0 radical (unpaired) electrons. The monoisotopic (exact) mass is 542 g/mol. The summed E-state index contributed by atoms with van der Waals surface area (Å²) in [6.45, 7) is 8.18. The summed E-state index contributed by atoms with van der Waals surface area (Å²) < 4.78 is 9.62. The SMILES string of the molecule is Cn1c(=O)n(C2CCC(=O)NC2=O)c2cccc(CCCCCCOC3(C(C)(C)C)CCN(C(=O)O)CC3)c21. The van der Waals surface area contributed by atoms with Crippen molar-refractivity contribution in [3.05, 3.63) is 34.2 Å². The third kappa shape index (κ3) is 5.90. The van der Waals surface area contributed by atoms with Gasteiger partial charge in [-0.2, -0.15) is 0 Å². The lowest BCUT2D eigenvalue weighted by molar-refractivity contribution is -0.145. The Bertz CT molecular complexity index is 1280. The second-order valence-corrected chi connectivity index (χ2v) is 12.0. The molecule has 2 saturated heterocycles. The number of amides is 3. The maximum atomic E-state index is 13.1. The van der Waals surface area contributed by atoms with Crippen LogP contribution in [0.4, 0.5) is 4.79 Å². The lowest BCUT2D eigenvalue weighted by Crippen LogP contribution is -2.54. The summed E-state index contributed by atoms with van der Waals surface area (Å²) in [4.78, 5) is 50.0. The van der Waals surface area contributed by atoms with Crippen LogP contribution in [0, 0.1) is 5.41 Å². The van der Waals surface area contributed by atoms with Crippen LogP contribution in [0.2, 0.25) is 0 Å². The maximum Gasteiger partial charge on any atom is 0.407 e. The molecule has 39 heavy (non-hydrogen) atoms. The molecule has 4 rings (SSSR count). The van der Waals surface area contributed by atoms with Gasteiger partial charge in [-0.15, -0.1) is 0 Å². The van der Waals surface area contributed by atoms with Gasteiger partial charge in [-0.3, -0.25) is 24.0 Å². The molecule has 1 unspecified atom stereocenters. The number of carbonyl (C=O) groups excluding carboxylic acids is 2. The van der Waals surface area contributed by atoms with Gasteiger partial charge in [-0.25, -0.2) is 9.59 Å². The molecule has 2 fully saturated rings. The van der Waals surface area contributed by atoms with Crippen LogP contribution in [-0.4, -0.2) is 62.3 Å². The molecule has 1 aromatic heterocycles. The molecule has 214 valence electrons. The largest absolute Gasteiger partial charge is 0.465 e. The number of likely N-dealkylation sites (tertiary alicyclic amines) is 1. The highest BCUT2D eigenvalue weighted by molar-refractivity contribution is 6.00. The van der Waals surface area contributed by atoms with Gasteiger partial charge in [-0.1, -0.05) is 45.7 Å². The van der Waals surface area contributed by atoms with Crippen molar-refractivity contribution in [2.45, 2.75) is 90.2 Å². The van der Waals surface area contributed by atoms with E-state index < -0.39 is 18.0 Å². The third-order valence-corrected chi connectivity index (χ3v) is 8.64. The van der Waals surface area contributed by atoms with Gasteiger partial charge in [-0.05, 0) is 55.6 Å². The number of hydrogen-bond donors (Lipinski definition) is 2. The molecule has 1 aromatic carbocycles. The first-order valence-electron chi connectivity index (χ1n) is 14.1. The zero-order chi connectivity index (χ0) is 28.4. The molecule has 0 spiro atoms. The normalized spacial score (nSPS) is 19.9. The van der Waals surface area contributed by atoms with Crippen LogP contribution in [0.5, 0.6) is 0 Å². The minimum atomic E-state index is -0.860. The van der Waals surface area contributed by atoms with Crippen LogP contribution in [0.15, 0.2) is 23.0 Å². The fraction of sp³-hybridized carbons (Fsp3) is 0.655. The van der Waals surface area contributed by atoms with E-state index in [1.807, 2.05) is 18.2 Å². The van der Waals surface area contributed by atoms with Crippen molar-refractivity contribution in [3.63, 3.8) is 0 Å². The van der Waals surface area contributed by atoms with Gasteiger partial charge in [0.05, 0.1) is 16.6 Å². The predicted molar refractivity (Wildman–Crippen MR) is 148 cm³/mol. The molecule has 0 bridgehead atoms. The number of benzene rings is 1. The van der Waals surface area contributed by atoms with Crippen LogP contribution >= 0.6 is 0 Å². The molecule has 0 aliphatic carbocycles. The summed E-state index contributed by atoms with van der Waals surface area (Å²) in [5.41, 5.74) is 2.02. The van der Waals surface area contributed by atoms with Gasteiger partial charge >= 0.3 is 11.8 Å². The molecule has 3 heterocycles. The smallest absolute Gasteiger partial charge is 0.407 e. The fourth-order valence-corrected chi connectivity index (χ4v) is 6.16. The minimum Gasteiger partial charge on any atom is -0.465 e. The van der Waals surface area contributed by atoms with E-state index >= 15 is 0 Å². The number of rotatable bonds is 9. The Kier molecular flexibility index (Phi) is 8.54. The van der Waals surface area contributed by atoms with Crippen LogP contribution in [0.3, 0.4) is 0 Å². The molecule has 2 aromatic rings. The average molecular weight is 543 g/mol. The number of para-hydroxylation sites is 1. The van der Waals surface area contributed by atoms with E-state index in [2.05, 4.69) is 26.1 Å². The molecule has 10 nitrogen and oxygen atoms in total. The molecule has 10 heteroatoms. The van der Waals surface area contributed by atoms with E-state index in [1.54, 1.807) is 11.6 Å². The Morgan fingerprint density at radius 1 is 1.10 bits per heavy atom. The third-order valence-electron chi connectivity index (χ3n) is 8.64. The van der Waals surface area contributed by atoms with Crippen LogP contribution in [0.1, 0.15) is 83.7 Å². The highest BCUT2D eigenvalue weighted by Gasteiger charge is 2.45. The van der Waals surface area contributed by atoms with E-state index in [0.717, 1.165) is 48.7 Å². The van der Waals surface area contributed by atoms with Gasteiger partial charge in [0.15, 0.2) is 0 Å². The Labute approximate surface area is 229 Å². The van der Waals surface area contributed by atoms with E-state index in [9.17, 15) is 24.3 Å². The van der Waals surface area contributed by atoms with E-state index in [-0.39, 0.29) is 29.0 Å². The van der Waals surface area contributed by atoms with Gasteiger partial charge in [0.25, 0.3) is 0 Å². The molecule has 2 aliphatic heterocycles. The Morgan fingerprint density at radius 2 is 1.79 bits per heavy atom. The van der Waals surface area contributed by atoms with Gasteiger partial charge < -0.3 is 14.7 Å². The Morgan fingerprint density at radius 3 is 2.44 bits per heavy atom. The fourth-order valence-electron chi connectivity index (χ4n) is 6.16. The van der Waals surface area contributed by atoms with E-state index in [0.29, 0.717) is 39.0 Å². The number of ether oxygens (including phenoxy) is 1. The number of hydrogen-bond acceptors (Lipinski definition) is 5. The highest BCUT2D eigenvalue weighted by atomic mass is 16.5. The molecule has 2 N–H and O–H groups in total. The number of piperidine rings is 2. The standard InChI is InChI=1S/C29H42N4O6/c1-28(2,3)29(15-17-32(18-16-29)27(37)38)39-19-8-6-5-7-10-20-11-9-12-21-24(20)31(4)26(36)33(21)22-13-14-23(34)30-25(22)35/h9,11-12,22H,5-8,10,13-19H2,1-4H3,(H,37,38)(H,30,34,35). The van der Waals surface area contributed by atoms with Gasteiger partial charge in [0.2, 0.25) is 11.8 Å². The van der Waals surface area contributed by atoms with Crippen LogP contribution in [-0.2, 0) is 27.8 Å². The predicted octanol–water partition coefficient (Wildman–Crippen LogP) is 4.00. The Balaban J connectivity index is 1.31. The number of fused-ring (bicyclic) bond motifs is 1. The summed E-state index contributed by atoms with van der Waals surface area (Å²) in [6, 6.07) is 5.15. The molecule has 0 saturated carbocycles. The molecule has 1 atom stereocenters. The number of nitrogens with one attached hydrogen (secondary N) is 1. The number of nitrogens with zero attached hydrogens (tertiary/aromatic N) is 3. The Hall–Kier alpha value is -3.14. The number of aromatic nitrogens is 2.